The molecule has 18 heavy (non-hydrogen) atoms. The van der Waals surface area contributed by atoms with Crippen LogP contribution in [0.5, 0.6) is 0 Å². The molecule has 1 aromatic rings. The Balaban J connectivity index is 2.32. The molecule has 0 spiro atoms. The van der Waals surface area contributed by atoms with Crippen LogP contribution in [0.15, 0.2) is 18.2 Å². The summed E-state index contributed by atoms with van der Waals surface area (Å²) in [6.45, 7) is 2.66. The summed E-state index contributed by atoms with van der Waals surface area (Å²) in [5.41, 5.74) is 1.64. The van der Waals surface area contributed by atoms with Crippen LogP contribution in [0.25, 0.3) is 0 Å². The highest BCUT2D eigenvalue weighted by atomic mass is 127. The van der Waals surface area contributed by atoms with Gasteiger partial charge in [0.2, 0.25) is 0 Å². The van der Waals surface area contributed by atoms with Gasteiger partial charge in [-0.2, -0.15) is 0 Å². The first-order valence-electron chi connectivity index (χ1n) is 6.25. The lowest BCUT2D eigenvalue weighted by Crippen LogP contribution is -2.25. The van der Waals surface area contributed by atoms with Crippen LogP contribution in [0.3, 0.4) is 0 Å². The summed E-state index contributed by atoms with van der Waals surface area (Å²) in [6.07, 6.45) is 4.75. The van der Waals surface area contributed by atoms with Gasteiger partial charge in [-0.15, -0.1) is 0 Å². The van der Waals surface area contributed by atoms with Crippen LogP contribution in [-0.4, -0.2) is 16.9 Å². The Morgan fingerprint density at radius 1 is 1.28 bits per heavy atom. The quantitative estimate of drug-likeness (QED) is 0.425. The van der Waals surface area contributed by atoms with Crippen LogP contribution in [0, 0.1) is 6.92 Å². The molecular formula is C14H19ClINO. The minimum Gasteiger partial charge on any atom is -0.352 e. The fourth-order valence-corrected chi connectivity index (χ4v) is 2.52. The average Bonchev–Trinajstić information content (AvgIpc) is 2.33. The first-order valence-corrected chi connectivity index (χ1v) is 8.16. The number of hydrogen-bond acceptors (Lipinski definition) is 1. The molecule has 1 rings (SSSR count). The summed E-state index contributed by atoms with van der Waals surface area (Å²) >= 11 is 8.26. The normalized spacial score (nSPS) is 10.4. The van der Waals surface area contributed by atoms with E-state index in [2.05, 4.69) is 27.9 Å². The Hall–Kier alpha value is -0.290. The van der Waals surface area contributed by atoms with E-state index in [0.29, 0.717) is 10.6 Å². The SMILES string of the molecule is Cc1cc(Cl)ccc1C(=O)NCCCCCCI. The number of hydrogen-bond donors (Lipinski definition) is 1. The van der Waals surface area contributed by atoms with Crippen molar-refractivity contribution < 1.29 is 4.79 Å². The molecule has 0 saturated carbocycles. The highest BCUT2D eigenvalue weighted by molar-refractivity contribution is 14.1. The summed E-state index contributed by atoms with van der Waals surface area (Å²) in [7, 11) is 0. The first kappa shape index (κ1) is 15.8. The molecule has 0 bridgehead atoms. The second-order valence-electron chi connectivity index (χ2n) is 4.32. The van der Waals surface area contributed by atoms with E-state index in [1.54, 1.807) is 12.1 Å². The van der Waals surface area contributed by atoms with Gasteiger partial charge in [-0.1, -0.05) is 47.0 Å². The lowest BCUT2D eigenvalue weighted by Gasteiger charge is -2.07. The zero-order chi connectivity index (χ0) is 13.4. The minimum atomic E-state index is -0.00180. The summed E-state index contributed by atoms with van der Waals surface area (Å²) in [5.74, 6) is -0.00180. The van der Waals surface area contributed by atoms with Crippen molar-refractivity contribution in [3.63, 3.8) is 0 Å². The number of carbonyl (C=O) groups is 1. The van der Waals surface area contributed by atoms with E-state index in [-0.39, 0.29) is 5.91 Å². The second kappa shape index (κ2) is 8.75. The van der Waals surface area contributed by atoms with Gasteiger partial charge >= 0.3 is 0 Å². The summed E-state index contributed by atoms with van der Waals surface area (Å²) in [6, 6.07) is 5.35. The molecule has 0 atom stereocenters. The lowest BCUT2D eigenvalue weighted by molar-refractivity contribution is 0.0952. The highest BCUT2D eigenvalue weighted by Crippen LogP contribution is 2.15. The number of nitrogens with one attached hydrogen (secondary N) is 1. The lowest BCUT2D eigenvalue weighted by atomic mass is 10.1. The molecule has 0 fully saturated rings. The largest absolute Gasteiger partial charge is 0.352 e. The van der Waals surface area contributed by atoms with E-state index in [9.17, 15) is 4.79 Å². The Labute approximate surface area is 128 Å². The number of halogens is 2. The van der Waals surface area contributed by atoms with Crippen LogP contribution in [0.4, 0.5) is 0 Å². The van der Waals surface area contributed by atoms with Gasteiger partial charge in [-0.3, -0.25) is 4.79 Å². The fraction of sp³-hybridized carbons (Fsp3) is 0.500. The molecule has 0 aromatic heterocycles. The van der Waals surface area contributed by atoms with Crippen LogP contribution in [-0.2, 0) is 0 Å². The van der Waals surface area contributed by atoms with Crippen molar-refractivity contribution in [1.82, 2.24) is 5.32 Å². The van der Waals surface area contributed by atoms with Gasteiger partial charge in [-0.25, -0.2) is 0 Å². The van der Waals surface area contributed by atoms with Crippen LogP contribution in [0.1, 0.15) is 41.6 Å². The van der Waals surface area contributed by atoms with Gasteiger partial charge in [0.1, 0.15) is 0 Å². The molecule has 0 radical (unpaired) electrons. The van der Waals surface area contributed by atoms with E-state index >= 15 is 0 Å². The predicted octanol–water partition coefficient (Wildman–Crippen LogP) is 4.37. The third-order valence-electron chi connectivity index (χ3n) is 2.78. The third kappa shape index (κ3) is 5.57. The number of alkyl halides is 1. The zero-order valence-electron chi connectivity index (χ0n) is 10.6. The summed E-state index contributed by atoms with van der Waals surface area (Å²) < 4.78 is 1.22. The molecule has 1 aromatic carbocycles. The van der Waals surface area contributed by atoms with Crippen LogP contribution >= 0.6 is 34.2 Å². The Morgan fingerprint density at radius 2 is 2.00 bits per heavy atom. The molecule has 0 aliphatic carbocycles. The topological polar surface area (TPSA) is 29.1 Å². The Bertz CT molecular complexity index is 395. The standard InChI is InChI=1S/C14H19ClINO/c1-11-10-12(15)6-7-13(11)14(18)17-9-5-3-2-4-8-16/h6-7,10H,2-5,8-9H2,1H3,(H,17,18). The minimum absolute atomic E-state index is 0.00180. The highest BCUT2D eigenvalue weighted by Gasteiger charge is 2.08. The van der Waals surface area contributed by atoms with Crippen LogP contribution in [0.2, 0.25) is 5.02 Å². The van der Waals surface area contributed by atoms with Crippen molar-refractivity contribution >= 4 is 40.1 Å². The van der Waals surface area contributed by atoms with Crippen molar-refractivity contribution in [2.75, 3.05) is 11.0 Å². The molecular weight excluding hydrogens is 361 g/mol. The second-order valence-corrected chi connectivity index (χ2v) is 5.83. The van der Waals surface area contributed by atoms with Gasteiger partial charge in [-0.05, 0) is 48.0 Å². The first-order chi connectivity index (χ1) is 8.65. The molecule has 0 aliphatic heterocycles. The zero-order valence-corrected chi connectivity index (χ0v) is 13.6. The van der Waals surface area contributed by atoms with Crippen molar-refractivity contribution in [2.45, 2.75) is 32.6 Å². The molecule has 0 saturated heterocycles. The Morgan fingerprint density at radius 3 is 2.67 bits per heavy atom. The van der Waals surface area contributed by atoms with E-state index in [4.69, 9.17) is 11.6 Å². The number of carbonyl (C=O) groups excluding carboxylic acids is 1. The molecule has 1 amide bonds. The van der Waals surface area contributed by atoms with Gasteiger partial charge in [0.05, 0.1) is 0 Å². The summed E-state index contributed by atoms with van der Waals surface area (Å²) in [4.78, 5) is 11.9. The number of rotatable bonds is 7. The van der Waals surface area contributed by atoms with E-state index in [1.807, 2.05) is 13.0 Å². The maximum absolute atomic E-state index is 11.9. The number of unbranched alkanes of at least 4 members (excludes halogenated alkanes) is 3. The molecule has 2 nitrogen and oxygen atoms in total. The van der Waals surface area contributed by atoms with Gasteiger partial charge in [0.15, 0.2) is 0 Å². The van der Waals surface area contributed by atoms with Crippen molar-refractivity contribution in [2.24, 2.45) is 0 Å². The molecule has 100 valence electrons. The summed E-state index contributed by atoms with van der Waals surface area (Å²) in [5, 5.41) is 3.62. The molecule has 0 unspecified atom stereocenters. The van der Waals surface area contributed by atoms with Crippen LogP contribution < -0.4 is 5.32 Å². The molecule has 0 heterocycles. The monoisotopic (exact) mass is 379 g/mol. The van der Waals surface area contributed by atoms with Gasteiger partial charge in [0, 0.05) is 17.1 Å². The van der Waals surface area contributed by atoms with Gasteiger partial charge < -0.3 is 5.32 Å². The average molecular weight is 380 g/mol. The number of benzene rings is 1. The van der Waals surface area contributed by atoms with E-state index < -0.39 is 0 Å². The predicted molar refractivity (Wildman–Crippen MR) is 85.9 cm³/mol. The van der Waals surface area contributed by atoms with Gasteiger partial charge in [0.25, 0.3) is 5.91 Å². The van der Waals surface area contributed by atoms with Crippen molar-refractivity contribution in [3.8, 4) is 0 Å². The Kier molecular flexibility index (Phi) is 7.66. The third-order valence-corrected chi connectivity index (χ3v) is 3.78. The fourth-order valence-electron chi connectivity index (χ4n) is 1.75. The molecule has 4 heteroatoms. The van der Waals surface area contributed by atoms with Crippen molar-refractivity contribution in [1.29, 1.82) is 0 Å². The van der Waals surface area contributed by atoms with Crippen molar-refractivity contribution in [3.05, 3.63) is 34.3 Å². The number of aryl methyl sites for hydroxylation is 1. The van der Waals surface area contributed by atoms with E-state index in [0.717, 1.165) is 18.5 Å². The maximum Gasteiger partial charge on any atom is 0.251 e. The number of amides is 1. The molecule has 0 aliphatic rings. The smallest absolute Gasteiger partial charge is 0.251 e. The maximum atomic E-state index is 11.9. The molecule has 1 N–H and O–H groups in total. The van der Waals surface area contributed by atoms with E-state index in [1.165, 1.54) is 23.7 Å².